The summed E-state index contributed by atoms with van der Waals surface area (Å²) in [5.74, 6) is 0. The largest absolute Gasteiger partial charge is 0.369 e. The van der Waals surface area contributed by atoms with Crippen molar-refractivity contribution in [3.05, 3.63) is 29.3 Å². The lowest BCUT2D eigenvalue weighted by Crippen LogP contribution is -2.53. The Balaban J connectivity index is 2.06. The van der Waals surface area contributed by atoms with Crippen LogP contribution in [0, 0.1) is 0 Å². The van der Waals surface area contributed by atoms with Crippen molar-refractivity contribution in [3.63, 3.8) is 0 Å². The van der Waals surface area contributed by atoms with Gasteiger partial charge in [-0.15, -0.1) is 0 Å². The van der Waals surface area contributed by atoms with Crippen LogP contribution in [0.3, 0.4) is 0 Å². The number of rotatable bonds is 2. The number of nitrogens with two attached hydrogens (primary N) is 1. The molecule has 3 N–H and O–H groups in total. The first-order valence-electron chi connectivity index (χ1n) is 5.23. The molecule has 0 spiro atoms. The number of piperazine rings is 1. The van der Waals surface area contributed by atoms with Crippen LogP contribution in [0.15, 0.2) is 24.3 Å². The summed E-state index contributed by atoms with van der Waals surface area (Å²) < 4.78 is 0. The van der Waals surface area contributed by atoms with Gasteiger partial charge in [0.05, 0.1) is 0 Å². The summed E-state index contributed by atoms with van der Waals surface area (Å²) in [5.41, 5.74) is 6.88. The number of hydrogen-bond acceptors (Lipinski definition) is 3. The van der Waals surface area contributed by atoms with Crippen molar-refractivity contribution in [3.8, 4) is 0 Å². The zero-order valence-corrected chi connectivity index (χ0v) is 9.37. The van der Waals surface area contributed by atoms with Crippen molar-refractivity contribution >= 4 is 17.3 Å². The number of anilines is 1. The third-order valence-corrected chi connectivity index (χ3v) is 2.98. The second kappa shape index (κ2) is 4.84. The van der Waals surface area contributed by atoms with Gasteiger partial charge in [0.2, 0.25) is 0 Å². The van der Waals surface area contributed by atoms with E-state index in [9.17, 15) is 0 Å². The molecule has 1 unspecified atom stereocenters. The molecule has 0 radical (unpaired) electrons. The Hall–Kier alpha value is -0.770. The monoisotopic (exact) mass is 225 g/mol. The third kappa shape index (κ3) is 2.62. The fourth-order valence-corrected chi connectivity index (χ4v) is 2.00. The maximum atomic E-state index is 5.86. The van der Waals surface area contributed by atoms with Crippen LogP contribution in [0.5, 0.6) is 0 Å². The van der Waals surface area contributed by atoms with Crippen LogP contribution in [-0.2, 0) is 0 Å². The van der Waals surface area contributed by atoms with E-state index >= 15 is 0 Å². The molecule has 1 fully saturated rings. The van der Waals surface area contributed by atoms with Crippen LogP contribution in [0.25, 0.3) is 0 Å². The number of nitrogens with one attached hydrogen (secondary N) is 1. The normalized spacial score (nSPS) is 21.7. The highest BCUT2D eigenvalue weighted by Gasteiger charge is 2.17. The molecule has 1 saturated heterocycles. The first-order valence-corrected chi connectivity index (χ1v) is 5.61. The van der Waals surface area contributed by atoms with Crippen LogP contribution in [-0.4, -0.2) is 32.2 Å². The molecule has 1 aliphatic rings. The fraction of sp³-hybridized carbons (Fsp3) is 0.455. The minimum Gasteiger partial charge on any atom is -0.369 e. The Labute approximate surface area is 95.2 Å². The van der Waals surface area contributed by atoms with E-state index in [0.717, 1.165) is 24.7 Å². The van der Waals surface area contributed by atoms with Crippen molar-refractivity contribution in [1.82, 2.24) is 5.32 Å². The molecule has 0 aliphatic carbocycles. The molecule has 1 aromatic rings. The Morgan fingerprint density at radius 3 is 2.80 bits per heavy atom. The van der Waals surface area contributed by atoms with Gasteiger partial charge in [0.25, 0.3) is 0 Å². The minimum absolute atomic E-state index is 0.398. The van der Waals surface area contributed by atoms with Gasteiger partial charge in [-0.2, -0.15) is 0 Å². The maximum absolute atomic E-state index is 5.86. The standard InChI is InChI=1S/C11H16ClN3/c12-9-1-3-11(4-2-9)15-6-5-14-10(7-13)8-15/h1-4,10,14H,5-8,13H2. The van der Waals surface area contributed by atoms with E-state index in [1.165, 1.54) is 5.69 Å². The summed E-state index contributed by atoms with van der Waals surface area (Å²) >= 11 is 5.86. The number of nitrogens with zero attached hydrogens (tertiary/aromatic N) is 1. The molecule has 1 aliphatic heterocycles. The van der Waals surface area contributed by atoms with Gasteiger partial charge in [0.15, 0.2) is 0 Å². The highest BCUT2D eigenvalue weighted by atomic mass is 35.5. The Kier molecular flexibility index (Phi) is 3.46. The second-order valence-electron chi connectivity index (χ2n) is 3.81. The van der Waals surface area contributed by atoms with Gasteiger partial charge in [0.1, 0.15) is 0 Å². The molecule has 2 rings (SSSR count). The molecular weight excluding hydrogens is 210 g/mol. The molecule has 3 nitrogen and oxygen atoms in total. The number of benzene rings is 1. The number of hydrogen-bond donors (Lipinski definition) is 2. The quantitative estimate of drug-likeness (QED) is 0.792. The summed E-state index contributed by atoms with van der Waals surface area (Å²) in [7, 11) is 0. The van der Waals surface area contributed by atoms with Gasteiger partial charge in [-0.3, -0.25) is 0 Å². The van der Waals surface area contributed by atoms with Gasteiger partial charge in [-0.05, 0) is 24.3 Å². The first kappa shape index (κ1) is 10.7. The van der Waals surface area contributed by atoms with E-state index < -0.39 is 0 Å². The fourth-order valence-electron chi connectivity index (χ4n) is 1.87. The SMILES string of the molecule is NCC1CN(c2ccc(Cl)cc2)CCN1. The molecule has 1 aromatic carbocycles. The molecule has 15 heavy (non-hydrogen) atoms. The molecule has 82 valence electrons. The molecule has 0 aromatic heterocycles. The van der Waals surface area contributed by atoms with Gasteiger partial charge < -0.3 is 16.0 Å². The lowest BCUT2D eigenvalue weighted by atomic mass is 10.2. The molecule has 4 heteroatoms. The lowest BCUT2D eigenvalue weighted by molar-refractivity contribution is 0.463. The Morgan fingerprint density at radius 2 is 2.13 bits per heavy atom. The Bertz CT molecular complexity index is 312. The van der Waals surface area contributed by atoms with Crippen LogP contribution in [0.4, 0.5) is 5.69 Å². The van der Waals surface area contributed by atoms with E-state index in [4.69, 9.17) is 17.3 Å². The molecule has 1 atom stereocenters. The van der Waals surface area contributed by atoms with E-state index in [0.29, 0.717) is 12.6 Å². The highest BCUT2D eigenvalue weighted by molar-refractivity contribution is 6.30. The van der Waals surface area contributed by atoms with Gasteiger partial charge in [-0.1, -0.05) is 11.6 Å². The Morgan fingerprint density at radius 1 is 1.40 bits per heavy atom. The van der Waals surface area contributed by atoms with E-state index in [1.54, 1.807) is 0 Å². The molecule has 0 bridgehead atoms. The maximum Gasteiger partial charge on any atom is 0.0407 e. The molecule has 1 heterocycles. The van der Waals surface area contributed by atoms with Crippen LogP contribution < -0.4 is 16.0 Å². The highest BCUT2D eigenvalue weighted by Crippen LogP contribution is 2.18. The molecule has 0 amide bonds. The van der Waals surface area contributed by atoms with E-state index in [-0.39, 0.29) is 0 Å². The van der Waals surface area contributed by atoms with Gasteiger partial charge >= 0.3 is 0 Å². The topological polar surface area (TPSA) is 41.3 Å². The predicted molar refractivity (Wildman–Crippen MR) is 64.5 cm³/mol. The summed E-state index contributed by atoms with van der Waals surface area (Å²) in [6.07, 6.45) is 0. The first-order chi connectivity index (χ1) is 7.29. The van der Waals surface area contributed by atoms with Crippen LogP contribution >= 0.6 is 11.6 Å². The third-order valence-electron chi connectivity index (χ3n) is 2.73. The van der Waals surface area contributed by atoms with Crippen molar-refractivity contribution in [1.29, 1.82) is 0 Å². The summed E-state index contributed by atoms with van der Waals surface area (Å²) in [6, 6.07) is 8.37. The zero-order valence-electron chi connectivity index (χ0n) is 8.62. The van der Waals surface area contributed by atoms with Crippen molar-refractivity contribution in [2.75, 3.05) is 31.1 Å². The molecular formula is C11H16ClN3. The second-order valence-corrected chi connectivity index (χ2v) is 4.25. The van der Waals surface area contributed by atoms with Gasteiger partial charge in [-0.25, -0.2) is 0 Å². The van der Waals surface area contributed by atoms with Crippen LogP contribution in [0.2, 0.25) is 5.02 Å². The molecule has 0 saturated carbocycles. The van der Waals surface area contributed by atoms with Crippen molar-refractivity contribution in [2.24, 2.45) is 5.73 Å². The van der Waals surface area contributed by atoms with Crippen molar-refractivity contribution in [2.45, 2.75) is 6.04 Å². The minimum atomic E-state index is 0.398. The van der Waals surface area contributed by atoms with Crippen molar-refractivity contribution < 1.29 is 0 Å². The average molecular weight is 226 g/mol. The van der Waals surface area contributed by atoms with E-state index in [2.05, 4.69) is 22.3 Å². The summed E-state index contributed by atoms with van der Waals surface area (Å²) in [6.45, 7) is 3.67. The summed E-state index contributed by atoms with van der Waals surface area (Å²) in [4.78, 5) is 2.34. The number of halogens is 1. The smallest absolute Gasteiger partial charge is 0.0407 e. The van der Waals surface area contributed by atoms with Gasteiger partial charge in [0, 0.05) is 42.9 Å². The lowest BCUT2D eigenvalue weighted by Gasteiger charge is -2.34. The van der Waals surface area contributed by atoms with Crippen LogP contribution in [0.1, 0.15) is 0 Å². The summed E-state index contributed by atoms with van der Waals surface area (Å²) in [5, 5.41) is 4.17. The average Bonchev–Trinajstić information content (AvgIpc) is 2.30. The predicted octanol–water partition coefficient (Wildman–Crippen LogP) is 1.08. The zero-order chi connectivity index (χ0) is 10.7. The van der Waals surface area contributed by atoms with E-state index in [1.807, 2.05) is 12.1 Å².